The van der Waals surface area contributed by atoms with Crippen LogP contribution in [0.1, 0.15) is 35.8 Å². The van der Waals surface area contributed by atoms with E-state index < -0.39 is 0 Å². The topological polar surface area (TPSA) is 47.6 Å². The molecule has 1 aliphatic heterocycles. The molecule has 0 bridgehead atoms. The zero-order chi connectivity index (χ0) is 18.0. The van der Waals surface area contributed by atoms with Gasteiger partial charge in [-0.05, 0) is 35.7 Å². The Morgan fingerprint density at radius 2 is 1.80 bits per heavy atom. The largest absolute Gasteiger partial charge is 0.486 e. The number of rotatable bonds is 4. The summed E-state index contributed by atoms with van der Waals surface area (Å²) in [5.41, 5.74) is 1.31. The first-order valence-electron chi connectivity index (χ1n) is 8.12. The number of halogens is 2. The molecule has 2 aromatic carbocycles. The first-order chi connectivity index (χ1) is 12.0. The zero-order valence-electron chi connectivity index (χ0n) is 14.0. The van der Waals surface area contributed by atoms with Crippen molar-refractivity contribution < 1.29 is 14.3 Å². The van der Waals surface area contributed by atoms with Gasteiger partial charge in [-0.15, -0.1) is 0 Å². The molecular weight excluding hydrogens is 361 g/mol. The zero-order valence-corrected chi connectivity index (χ0v) is 15.5. The second kappa shape index (κ2) is 7.54. The summed E-state index contributed by atoms with van der Waals surface area (Å²) in [6.07, 6.45) is 0. The molecule has 1 aliphatic rings. The molecule has 132 valence electrons. The molecule has 25 heavy (non-hydrogen) atoms. The van der Waals surface area contributed by atoms with E-state index in [0.717, 1.165) is 11.3 Å². The number of fused-ring (bicyclic) bond motifs is 1. The highest BCUT2D eigenvalue weighted by Gasteiger charge is 2.23. The van der Waals surface area contributed by atoms with Crippen molar-refractivity contribution in [1.82, 2.24) is 5.32 Å². The molecular formula is C19H19Cl2NO3. The number of hydrogen-bond acceptors (Lipinski definition) is 3. The monoisotopic (exact) mass is 379 g/mol. The van der Waals surface area contributed by atoms with Gasteiger partial charge in [0.25, 0.3) is 5.91 Å². The molecule has 1 atom stereocenters. The first-order valence-corrected chi connectivity index (χ1v) is 8.87. The van der Waals surface area contributed by atoms with Crippen molar-refractivity contribution in [2.24, 2.45) is 5.92 Å². The van der Waals surface area contributed by atoms with Gasteiger partial charge in [0.2, 0.25) is 0 Å². The predicted molar refractivity (Wildman–Crippen MR) is 98.9 cm³/mol. The predicted octanol–water partition coefficient (Wildman–Crippen LogP) is 4.89. The maximum absolute atomic E-state index is 12.7. The summed E-state index contributed by atoms with van der Waals surface area (Å²) >= 11 is 12.2. The van der Waals surface area contributed by atoms with Crippen LogP contribution >= 0.6 is 23.2 Å². The highest BCUT2D eigenvalue weighted by atomic mass is 35.5. The second-order valence-electron chi connectivity index (χ2n) is 6.20. The van der Waals surface area contributed by atoms with Gasteiger partial charge in [0, 0.05) is 0 Å². The lowest BCUT2D eigenvalue weighted by Crippen LogP contribution is -2.32. The maximum atomic E-state index is 12.7. The fourth-order valence-corrected chi connectivity index (χ4v) is 3.17. The van der Waals surface area contributed by atoms with Crippen molar-refractivity contribution in [3.63, 3.8) is 0 Å². The SMILES string of the molecule is CC(C)C(NC(=O)c1cccc(Cl)c1Cl)c1ccc2c(c1)OCCO2. The number of benzene rings is 2. The van der Waals surface area contributed by atoms with Crippen molar-refractivity contribution >= 4 is 29.1 Å². The van der Waals surface area contributed by atoms with Crippen LogP contribution in [0.25, 0.3) is 0 Å². The summed E-state index contributed by atoms with van der Waals surface area (Å²) in [5, 5.41) is 3.66. The second-order valence-corrected chi connectivity index (χ2v) is 6.98. The Kier molecular flexibility index (Phi) is 5.40. The summed E-state index contributed by atoms with van der Waals surface area (Å²) in [4.78, 5) is 12.7. The van der Waals surface area contributed by atoms with E-state index >= 15 is 0 Å². The van der Waals surface area contributed by atoms with Crippen molar-refractivity contribution in [3.8, 4) is 11.5 Å². The molecule has 1 amide bonds. The van der Waals surface area contributed by atoms with Gasteiger partial charge in [0.1, 0.15) is 13.2 Å². The Bertz CT molecular complexity index is 792. The Morgan fingerprint density at radius 1 is 1.08 bits per heavy atom. The van der Waals surface area contributed by atoms with Crippen LogP contribution in [0.15, 0.2) is 36.4 Å². The van der Waals surface area contributed by atoms with E-state index in [1.165, 1.54) is 0 Å². The molecule has 0 saturated carbocycles. The third kappa shape index (κ3) is 3.86. The van der Waals surface area contributed by atoms with Crippen LogP contribution in [0.5, 0.6) is 11.5 Å². The van der Waals surface area contributed by atoms with Crippen molar-refractivity contribution in [3.05, 3.63) is 57.6 Å². The Labute approximate surface area is 157 Å². The van der Waals surface area contributed by atoms with Gasteiger partial charge in [-0.1, -0.05) is 49.2 Å². The average Bonchev–Trinajstić information content (AvgIpc) is 2.61. The van der Waals surface area contributed by atoms with E-state index in [2.05, 4.69) is 5.32 Å². The molecule has 6 heteroatoms. The normalized spacial score (nSPS) is 14.3. The van der Waals surface area contributed by atoms with Crippen LogP contribution < -0.4 is 14.8 Å². The molecule has 0 radical (unpaired) electrons. The molecule has 4 nitrogen and oxygen atoms in total. The van der Waals surface area contributed by atoms with E-state index in [-0.39, 0.29) is 22.9 Å². The Hall–Kier alpha value is -1.91. The molecule has 3 rings (SSSR count). The standard InChI is InChI=1S/C19H19Cl2NO3/c1-11(2)18(12-6-7-15-16(10-12)25-9-8-24-15)22-19(23)13-4-3-5-14(20)17(13)21/h3-7,10-11,18H,8-9H2,1-2H3,(H,22,23). The van der Waals surface area contributed by atoms with Crippen LogP contribution in [-0.2, 0) is 0 Å². The van der Waals surface area contributed by atoms with E-state index in [1.807, 2.05) is 32.0 Å². The highest BCUT2D eigenvalue weighted by Crippen LogP contribution is 2.35. The number of amides is 1. The van der Waals surface area contributed by atoms with Crippen LogP contribution in [-0.4, -0.2) is 19.1 Å². The van der Waals surface area contributed by atoms with Crippen molar-refractivity contribution in [1.29, 1.82) is 0 Å². The smallest absolute Gasteiger partial charge is 0.253 e. The lowest BCUT2D eigenvalue weighted by molar-refractivity contribution is 0.0925. The van der Waals surface area contributed by atoms with Gasteiger partial charge in [0.05, 0.1) is 21.7 Å². The third-order valence-corrected chi connectivity index (χ3v) is 4.89. The Morgan fingerprint density at radius 3 is 2.52 bits per heavy atom. The van der Waals surface area contributed by atoms with Gasteiger partial charge in [-0.3, -0.25) is 4.79 Å². The fraction of sp³-hybridized carbons (Fsp3) is 0.316. The molecule has 2 aromatic rings. The van der Waals surface area contributed by atoms with Gasteiger partial charge >= 0.3 is 0 Å². The van der Waals surface area contributed by atoms with Gasteiger partial charge in [0.15, 0.2) is 11.5 Å². The highest BCUT2D eigenvalue weighted by molar-refractivity contribution is 6.43. The molecule has 0 aliphatic carbocycles. The van der Waals surface area contributed by atoms with E-state index in [9.17, 15) is 4.79 Å². The van der Waals surface area contributed by atoms with Crippen LogP contribution in [0.3, 0.4) is 0 Å². The molecule has 0 spiro atoms. The average molecular weight is 380 g/mol. The molecule has 0 aromatic heterocycles. The first kappa shape index (κ1) is 17.9. The molecule has 1 N–H and O–H groups in total. The fourth-order valence-electron chi connectivity index (χ4n) is 2.79. The lowest BCUT2D eigenvalue weighted by atomic mass is 9.95. The molecule has 0 fully saturated rings. The van der Waals surface area contributed by atoms with Gasteiger partial charge < -0.3 is 14.8 Å². The van der Waals surface area contributed by atoms with Crippen molar-refractivity contribution in [2.45, 2.75) is 19.9 Å². The number of nitrogens with one attached hydrogen (secondary N) is 1. The van der Waals surface area contributed by atoms with E-state index in [0.29, 0.717) is 29.5 Å². The Balaban J connectivity index is 1.87. The van der Waals surface area contributed by atoms with E-state index in [1.54, 1.807) is 18.2 Å². The summed E-state index contributed by atoms with van der Waals surface area (Å²) in [6, 6.07) is 10.6. The molecule has 1 unspecified atom stereocenters. The van der Waals surface area contributed by atoms with Gasteiger partial charge in [-0.25, -0.2) is 0 Å². The third-order valence-electron chi connectivity index (χ3n) is 4.07. The number of hydrogen-bond donors (Lipinski definition) is 1. The summed E-state index contributed by atoms with van der Waals surface area (Å²) < 4.78 is 11.2. The minimum atomic E-state index is -0.263. The molecule has 1 heterocycles. The summed E-state index contributed by atoms with van der Waals surface area (Å²) in [5.74, 6) is 1.33. The number of carbonyl (C=O) groups excluding carboxylic acids is 1. The molecule has 0 saturated heterocycles. The van der Waals surface area contributed by atoms with Crippen LogP contribution in [0.4, 0.5) is 0 Å². The lowest BCUT2D eigenvalue weighted by Gasteiger charge is -2.25. The number of carbonyl (C=O) groups is 1. The van der Waals surface area contributed by atoms with E-state index in [4.69, 9.17) is 32.7 Å². The van der Waals surface area contributed by atoms with Crippen molar-refractivity contribution in [2.75, 3.05) is 13.2 Å². The maximum Gasteiger partial charge on any atom is 0.253 e. The summed E-state index contributed by atoms with van der Waals surface area (Å²) in [6.45, 7) is 5.15. The number of ether oxygens (including phenoxy) is 2. The minimum Gasteiger partial charge on any atom is -0.486 e. The minimum absolute atomic E-state index is 0.171. The van der Waals surface area contributed by atoms with Crippen LogP contribution in [0.2, 0.25) is 10.0 Å². The summed E-state index contributed by atoms with van der Waals surface area (Å²) in [7, 11) is 0. The van der Waals surface area contributed by atoms with Gasteiger partial charge in [-0.2, -0.15) is 0 Å². The quantitative estimate of drug-likeness (QED) is 0.822. The van der Waals surface area contributed by atoms with Crippen LogP contribution in [0, 0.1) is 5.92 Å².